The third-order valence-corrected chi connectivity index (χ3v) is 3.24. The summed E-state index contributed by atoms with van der Waals surface area (Å²) in [6, 6.07) is 5.41. The normalized spacial score (nSPS) is 10.3. The van der Waals surface area contributed by atoms with Crippen LogP contribution in [0.1, 0.15) is 23.7 Å². The molecule has 0 heterocycles. The van der Waals surface area contributed by atoms with Gasteiger partial charge in [-0.25, -0.2) is 0 Å². The van der Waals surface area contributed by atoms with Crippen molar-refractivity contribution in [3.63, 3.8) is 0 Å². The minimum absolute atomic E-state index is 0.0588. The summed E-state index contributed by atoms with van der Waals surface area (Å²) in [5.74, 6) is 1.34. The van der Waals surface area contributed by atoms with Gasteiger partial charge in [0.2, 0.25) is 0 Å². The molecule has 82 valence electrons. The largest absolute Gasteiger partial charge is 0.294 e. The van der Waals surface area contributed by atoms with E-state index in [0.717, 1.165) is 10.6 Å². The number of Topliss-reactive ketones (excluding diaryl/α,β-unsaturated/α-hetero) is 1. The quantitative estimate of drug-likeness (QED) is 0.448. The molecule has 1 rings (SSSR count). The Hall–Kier alpha value is -0.180. The first kappa shape index (κ1) is 12.9. The molecule has 4 heteroatoms. The van der Waals surface area contributed by atoms with Crippen LogP contribution in [0.2, 0.25) is 5.02 Å². The van der Waals surface area contributed by atoms with E-state index in [0.29, 0.717) is 22.9 Å². The van der Waals surface area contributed by atoms with Crippen molar-refractivity contribution in [2.75, 3.05) is 11.6 Å². The molecule has 1 nitrogen and oxygen atoms in total. The Morgan fingerprint density at radius 3 is 2.80 bits per heavy atom. The predicted octanol–water partition coefficient (Wildman–Crippen LogP) is 4.26. The highest BCUT2D eigenvalue weighted by atomic mass is 35.5. The van der Waals surface area contributed by atoms with Crippen LogP contribution in [0.15, 0.2) is 23.1 Å². The van der Waals surface area contributed by atoms with Crippen LogP contribution in [0.4, 0.5) is 0 Å². The van der Waals surface area contributed by atoms with Crippen LogP contribution < -0.4 is 0 Å². The maximum atomic E-state index is 11.7. The number of ketones is 1. The molecule has 15 heavy (non-hydrogen) atoms. The average molecular weight is 263 g/mol. The fourth-order valence-corrected chi connectivity index (χ4v) is 2.37. The highest BCUT2D eigenvalue weighted by Crippen LogP contribution is 2.26. The summed E-state index contributed by atoms with van der Waals surface area (Å²) in [7, 11) is 0. The summed E-state index contributed by atoms with van der Waals surface area (Å²) in [5, 5.41) is 0.591. The van der Waals surface area contributed by atoms with Crippen molar-refractivity contribution in [1.82, 2.24) is 0 Å². The topological polar surface area (TPSA) is 17.1 Å². The number of carbonyl (C=O) groups is 1. The van der Waals surface area contributed by atoms with Gasteiger partial charge in [-0.05, 0) is 24.0 Å². The second-order valence-electron chi connectivity index (χ2n) is 2.94. The van der Waals surface area contributed by atoms with Crippen LogP contribution in [-0.2, 0) is 0 Å². The van der Waals surface area contributed by atoms with Gasteiger partial charge >= 0.3 is 0 Å². The molecule has 0 spiro atoms. The molecule has 1 aromatic rings. The van der Waals surface area contributed by atoms with Gasteiger partial charge in [0, 0.05) is 27.8 Å². The average Bonchev–Trinajstić information content (AvgIpc) is 2.21. The minimum atomic E-state index is 0.0588. The van der Waals surface area contributed by atoms with Gasteiger partial charge in [0.25, 0.3) is 0 Å². The molecule has 0 aliphatic heterocycles. The number of thioether (sulfide) groups is 1. The van der Waals surface area contributed by atoms with Crippen molar-refractivity contribution in [2.24, 2.45) is 0 Å². The fraction of sp³-hybridized carbons (Fsp3) is 0.364. The molecule has 0 radical (unpaired) electrons. The van der Waals surface area contributed by atoms with Crippen LogP contribution in [0.3, 0.4) is 0 Å². The lowest BCUT2D eigenvalue weighted by molar-refractivity contribution is 0.0986. The predicted molar refractivity (Wildman–Crippen MR) is 67.5 cm³/mol. The smallest absolute Gasteiger partial charge is 0.165 e. The third-order valence-electron chi connectivity index (χ3n) is 1.86. The summed E-state index contributed by atoms with van der Waals surface area (Å²) in [4.78, 5) is 12.7. The van der Waals surface area contributed by atoms with E-state index in [1.165, 1.54) is 0 Å². The van der Waals surface area contributed by atoms with Crippen LogP contribution in [0, 0.1) is 0 Å². The van der Waals surface area contributed by atoms with Crippen molar-refractivity contribution in [1.29, 1.82) is 0 Å². The van der Waals surface area contributed by atoms with Crippen molar-refractivity contribution >= 4 is 40.7 Å². The van der Waals surface area contributed by atoms with E-state index < -0.39 is 0 Å². The first-order valence-electron chi connectivity index (χ1n) is 4.70. The molecule has 1 aromatic carbocycles. The maximum absolute atomic E-state index is 11.7. The van der Waals surface area contributed by atoms with E-state index >= 15 is 0 Å². The van der Waals surface area contributed by atoms with Crippen LogP contribution in [0.5, 0.6) is 0 Å². The molecule has 0 bridgehead atoms. The zero-order valence-corrected chi connectivity index (χ0v) is 10.8. The summed E-state index contributed by atoms with van der Waals surface area (Å²) in [6.45, 7) is 2.05. The Morgan fingerprint density at radius 1 is 1.47 bits per heavy atom. The van der Waals surface area contributed by atoms with Gasteiger partial charge in [-0.3, -0.25) is 4.79 Å². The first-order valence-corrected chi connectivity index (χ1v) is 6.60. The van der Waals surface area contributed by atoms with Crippen LogP contribution in [-0.4, -0.2) is 17.4 Å². The molecule has 0 aliphatic carbocycles. The molecule has 0 atom stereocenters. The SMILES string of the molecule is CCSc1ccc(Cl)cc1C(=O)CCCl. The summed E-state index contributed by atoms with van der Waals surface area (Å²) >= 11 is 13.1. The minimum Gasteiger partial charge on any atom is -0.294 e. The molecule has 0 amide bonds. The number of alkyl halides is 1. The fourth-order valence-electron chi connectivity index (χ4n) is 1.22. The Balaban J connectivity index is 3.00. The lowest BCUT2D eigenvalue weighted by Crippen LogP contribution is -2.01. The summed E-state index contributed by atoms with van der Waals surface area (Å²) in [5.41, 5.74) is 0.690. The van der Waals surface area contributed by atoms with Crippen molar-refractivity contribution in [3.8, 4) is 0 Å². The second-order valence-corrected chi connectivity index (χ2v) is 5.06. The van der Waals surface area contributed by atoms with E-state index in [1.54, 1.807) is 23.9 Å². The lowest BCUT2D eigenvalue weighted by atomic mass is 10.1. The molecule has 0 aromatic heterocycles. The van der Waals surface area contributed by atoms with E-state index in [1.807, 2.05) is 6.07 Å². The number of rotatable bonds is 5. The number of hydrogen-bond acceptors (Lipinski definition) is 2. The second kappa shape index (κ2) is 6.41. The standard InChI is InChI=1S/C11H12Cl2OS/c1-2-15-11-4-3-8(13)7-9(11)10(14)5-6-12/h3-4,7H,2,5-6H2,1H3. The molecular weight excluding hydrogens is 251 g/mol. The first-order chi connectivity index (χ1) is 7.19. The molecular formula is C11H12Cl2OS. The Morgan fingerprint density at radius 2 is 2.20 bits per heavy atom. The van der Waals surface area contributed by atoms with Gasteiger partial charge in [0.1, 0.15) is 0 Å². The van der Waals surface area contributed by atoms with Crippen LogP contribution in [0.25, 0.3) is 0 Å². The highest BCUT2D eigenvalue weighted by molar-refractivity contribution is 7.99. The molecule has 0 saturated carbocycles. The lowest BCUT2D eigenvalue weighted by Gasteiger charge is -2.07. The summed E-state index contributed by atoms with van der Waals surface area (Å²) < 4.78 is 0. The third kappa shape index (κ3) is 3.71. The van der Waals surface area contributed by atoms with E-state index in [2.05, 4.69) is 6.92 Å². The van der Waals surface area contributed by atoms with Gasteiger partial charge in [0.15, 0.2) is 5.78 Å². The molecule has 0 N–H and O–H groups in total. The van der Waals surface area contributed by atoms with Crippen molar-refractivity contribution in [3.05, 3.63) is 28.8 Å². The number of carbonyl (C=O) groups excluding carboxylic acids is 1. The van der Waals surface area contributed by atoms with E-state index in [9.17, 15) is 4.79 Å². The number of hydrogen-bond donors (Lipinski definition) is 0. The van der Waals surface area contributed by atoms with Crippen LogP contribution >= 0.6 is 35.0 Å². The van der Waals surface area contributed by atoms with Crippen molar-refractivity contribution in [2.45, 2.75) is 18.2 Å². The Kier molecular flexibility index (Phi) is 5.51. The molecule has 0 saturated heterocycles. The van der Waals surface area contributed by atoms with Gasteiger partial charge in [0.05, 0.1) is 0 Å². The molecule has 0 unspecified atom stereocenters. The van der Waals surface area contributed by atoms with E-state index in [-0.39, 0.29) is 5.78 Å². The van der Waals surface area contributed by atoms with E-state index in [4.69, 9.17) is 23.2 Å². The van der Waals surface area contributed by atoms with Gasteiger partial charge in [-0.2, -0.15) is 0 Å². The summed E-state index contributed by atoms with van der Waals surface area (Å²) in [6.07, 6.45) is 0.360. The van der Waals surface area contributed by atoms with Gasteiger partial charge in [-0.15, -0.1) is 23.4 Å². The monoisotopic (exact) mass is 262 g/mol. The van der Waals surface area contributed by atoms with Gasteiger partial charge in [-0.1, -0.05) is 18.5 Å². The molecule has 0 aliphatic rings. The van der Waals surface area contributed by atoms with Crippen molar-refractivity contribution < 1.29 is 4.79 Å². The maximum Gasteiger partial charge on any atom is 0.165 e. The Bertz CT molecular complexity index is 352. The number of benzene rings is 1. The zero-order chi connectivity index (χ0) is 11.3. The van der Waals surface area contributed by atoms with Gasteiger partial charge < -0.3 is 0 Å². The molecule has 0 fully saturated rings. The zero-order valence-electron chi connectivity index (χ0n) is 8.43. The Labute approximate surface area is 104 Å². The number of halogens is 2. The highest BCUT2D eigenvalue weighted by Gasteiger charge is 2.11.